The standard InChI is InChI=1S/C20H15NO2/c1-21-13-12-16-17(14-8-4-2-5-9-14)19(23-20(22)18(16)21)15-10-6-3-7-11-15/h2-13H,1H3. The molecule has 0 bridgehead atoms. The topological polar surface area (TPSA) is 35.1 Å². The van der Waals surface area contributed by atoms with Crippen LogP contribution in [0.5, 0.6) is 0 Å². The lowest BCUT2D eigenvalue weighted by molar-refractivity contribution is 0.532. The average Bonchev–Trinajstić information content (AvgIpc) is 2.99. The van der Waals surface area contributed by atoms with Gasteiger partial charge in [-0.15, -0.1) is 0 Å². The van der Waals surface area contributed by atoms with E-state index >= 15 is 0 Å². The highest BCUT2D eigenvalue weighted by Gasteiger charge is 2.18. The van der Waals surface area contributed by atoms with Gasteiger partial charge in [0.15, 0.2) is 0 Å². The highest BCUT2D eigenvalue weighted by atomic mass is 16.4. The lowest BCUT2D eigenvalue weighted by atomic mass is 9.97. The third kappa shape index (κ3) is 2.18. The van der Waals surface area contributed by atoms with Crippen molar-refractivity contribution in [2.45, 2.75) is 0 Å². The lowest BCUT2D eigenvalue weighted by Gasteiger charge is -2.10. The Labute approximate surface area is 133 Å². The fraction of sp³-hybridized carbons (Fsp3) is 0.0500. The maximum Gasteiger partial charge on any atom is 0.361 e. The SMILES string of the molecule is Cn1ccc2c(-c3ccccc3)c(-c3ccccc3)oc(=O)c21. The molecule has 2 heterocycles. The highest BCUT2D eigenvalue weighted by Crippen LogP contribution is 2.36. The molecule has 0 N–H and O–H groups in total. The van der Waals surface area contributed by atoms with Gasteiger partial charge in [-0.2, -0.15) is 0 Å². The van der Waals surface area contributed by atoms with Crippen molar-refractivity contribution in [3.05, 3.63) is 83.3 Å². The molecule has 4 rings (SSSR count). The molecule has 0 atom stereocenters. The summed E-state index contributed by atoms with van der Waals surface area (Å²) >= 11 is 0. The number of hydrogen-bond donors (Lipinski definition) is 0. The Hall–Kier alpha value is -3.07. The monoisotopic (exact) mass is 301 g/mol. The van der Waals surface area contributed by atoms with Crippen LogP contribution in [0.1, 0.15) is 0 Å². The Kier molecular flexibility index (Phi) is 3.12. The fourth-order valence-corrected chi connectivity index (χ4v) is 2.98. The predicted octanol–water partition coefficient (Wildman–Crippen LogP) is 4.47. The first-order valence-corrected chi connectivity index (χ1v) is 7.48. The maximum atomic E-state index is 12.5. The van der Waals surface area contributed by atoms with Gasteiger partial charge in [0.2, 0.25) is 0 Å². The van der Waals surface area contributed by atoms with Gasteiger partial charge in [-0.1, -0.05) is 60.7 Å². The second kappa shape index (κ2) is 5.29. The Morgan fingerprint density at radius 2 is 1.43 bits per heavy atom. The Bertz CT molecular complexity index is 1030. The quantitative estimate of drug-likeness (QED) is 0.547. The van der Waals surface area contributed by atoms with E-state index in [1.165, 1.54) is 0 Å². The van der Waals surface area contributed by atoms with Gasteiger partial charge < -0.3 is 8.98 Å². The number of aryl methyl sites for hydroxylation is 1. The van der Waals surface area contributed by atoms with Crippen molar-refractivity contribution >= 4 is 10.9 Å². The lowest BCUT2D eigenvalue weighted by Crippen LogP contribution is -2.06. The number of nitrogens with zero attached hydrogens (tertiary/aromatic N) is 1. The molecule has 0 saturated carbocycles. The summed E-state index contributed by atoms with van der Waals surface area (Å²) in [4.78, 5) is 12.5. The van der Waals surface area contributed by atoms with Crippen LogP contribution in [0.2, 0.25) is 0 Å². The summed E-state index contributed by atoms with van der Waals surface area (Å²) in [5.74, 6) is 0.612. The van der Waals surface area contributed by atoms with E-state index in [0.29, 0.717) is 11.3 Å². The van der Waals surface area contributed by atoms with Crippen LogP contribution >= 0.6 is 0 Å². The van der Waals surface area contributed by atoms with Crippen LogP contribution in [0.3, 0.4) is 0 Å². The van der Waals surface area contributed by atoms with Crippen molar-refractivity contribution in [2.75, 3.05) is 0 Å². The smallest absolute Gasteiger partial charge is 0.361 e. The van der Waals surface area contributed by atoms with E-state index in [1.54, 1.807) is 0 Å². The summed E-state index contributed by atoms with van der Waals surface area (Å²) in [6, 6.07) is 21.8. The van der Waals surface area contributed by atoms with Gasteiger partial charge in [-0.25, -0.2) is 4.79 Å². The zero-order valence-electron chi connectivity index (χ0n) is 12.7. The van der Waals surface area contributed by atoms with Crippen molar-refractivity contribution in [3.63, 3.8) is 0 Å². The van der Waals surface area contributed by atoms with Crippen LogP contribution in [-0.2, 0) is 7.05 Å². The largest absolute Gasteiger partial charge is 0.421 e. The minimum absolute atomic E-state index is 0.314. The molecule has 3 heteroatoms. The summed E-state index contributed by atoms with van der Waals surface area (Å²) in [6.07, 6.45) is 1.89. The molecule has 2 aromatic carbocycles. The molecule has 0 aliphatic carbocycles. The number of benzene rings is 2. The molecule has 0 aliphatic heterocycles. The van der Waals surface area contributed by atoms with Crippen molar-refractivity contribution < 1.29 is 4.42 Å². The molecule has 0 fully saturated rings. The van der Waals surface area contributed by atoms with Crippen molar-refractivity contribution in [1.29, 1.82) is 0 Å². The van der Waals surface area contributed by atoms with Gasteiger partial charge >= 0.3 is 5.63 Å². The van der Waals surface area contributed by atoms with Gasteiger partial charge in [0, 0.05) is 29.8 Å². The molecule has 0 aliphatic rings. The molecule has 23 heavy (non-hydrogen) atoms. The Morgan fingerprint density at radius 3 is 2.09 bits per heavy atom. The highest BCUT2D eigenvalue weighted by molar-refractivity contribution is 6.00. The summed E-state index contributed by atoms with van der Waals surface area (Å²) in [5, 5.41) is 0.911. The minimum Gasteiger partial charge on any atom is -0.421 e. The van der Waals surface area contributed by atoms with E-state index in [1.807, 2.05) is 84.5 Å². The number of fused-ring (bicyclic) bond motifs is 1. The van der Waals surface area contributed by atoms with E-state index in [-0.39, 0.29) is 5.63 Å². The molecule has 0 amide bonds. The van der Waals surface area contributed by atoms with Crippen LogP contribution in [0.15, 0.2) is 82.1 Å². The summed E-state index contributed by atoms with van der Waals surface area (Å²) < 4.78 is 7.53. The third-order valence-corrected chi connectivity index (χ3v) is 4.06. The molecule has 3 nitrogen and oxygen atoms in total. The van der Waals surface area contributed by atoms with Crippen LogP contribution in [0.4, 0.5) is 0 Å². The normalized spacial score (nSPS) is 11.0. The first-order chi connectivity index (χ1) is 11.3. The van der Waals surface area contributed by atoms with Crippen molar-refractivity contribution in [1.82, 2.24) is 4.57 Å². The summed E-state index contributed by atoms with van der Waals surface area (Å²) in [6.45, 7) is 0. The molecular weight excluding hydrogens is 286 g/mol. The first kappa shape index (κ1) is 13.6. The van der Waals surface area contributed by atoms with Crippen LogP contribution in [0.25, 0.3) is 33.4 Å². The van der Waals surface area contributed by atoms with Crippen LogP contribution < -0.4 is 5.63 Å². The van der Waals surface area contributed by atoms with E-state index < -0.39 is 0 Å². The molecule has 0 radical (unpaired) electrons. The second-order valence-corrected chi connectivity index (χ2v) is 5.51. The number of rotatable bonds is 2. The van der Waals surface area contributed by atoms with Gasteiger partial charge in [0.1, 0.15) is 11.3 Å². The Balaban J connectivity index is 2.16. The molecule has 4 aromatic rings. The maximum absolute atomic E-state index is 12.5. The zero-order chi connectivity index (χ0) is 15.8. The van der Waals surface area contributed by atoms with Gasteiger partial charge in [0.25, 0.3) is 0 Å². The van der Waals surface area contributed by atoms with Crippen LogP contribution in [-0.4, -0.2) is 4.57 Å². The molecule has 0 spiro atoms. The van der Waals surface area contributed by atoms with E-state index in [4.69, 9.17) is 4.42 Å². The second-order valence-electron chi connectivity index (χ2n) is 5.51. The first-order valence-electron chi connectivity index (χ1n) is 7.48. The molecular formula is C20H15NO2. The Morgan fingerprint density at radius 1 is 0.826 bits per heavy atom. The summed E-state index contributed by atoms with van der Waals surface area (Å²) in [7, 11) is 1.86. The zero-order valence-corrected chi connectivity index (χ0v) is 12.7. The average molecular weight is 301 g/mol. The third-order valence-electron chi connectivity index (χ3n) is 4.06. The fourth-order valence-electron chi connectivity index (χ4n) is 2.98. The van der Waals surface area contributed by atoms with Crippen LogP contribution in [0, 0.1) is 0 Å². The van der Waals surface area contributed by atoms with E-state index in [9.17, 15) is 4.79 Å². The number of hydrogen-bond acceptors (Lipinski definition) is 2. The van der Waals surface area contributed by atoms with E-state index in [0.717, 1.165) is 22.1 Å². The molecule has 0 unspecified atom stereocenters. The van der Waals surface area contributed by atoms with Gasteiger partial charge in [0.05, 0.1) is 0 Å². The number of aromatic nitrogens is 1. The van der Waals surface area contributed by atoms with Crippen molar-refractivity contribution in [3.8, 4) is 22.5 Å². The molecule has 0 saturated heterocycles. The minimum atomic E-state index is -0.314. The van der Waals surface area contributed by atoms with Gasteiger partial charge in [-0.05, 0) is 11.6 Å². The van der Waals surface area contributed by atoms with E-state index in [2.05, 4.69) is 0 Å². The van der Waals surface area contributed by atoms with Crippen molar-refractivity contribution in [2.24, 2.45) is 7.05 Å². The predicted molar refractivity (Wildman–Crippen MR) is 92.3 cm³/mol. The molecule has 112 valence electrons. The van der Waals surface area contributed by atoms with Gasteiger partial charge in [-0.3, -0.25) is 0 Å². The molecule has 2 aromatic heterocycles. The summed E-state index contributed by atoms with van der Waals surface area (Å²) in [5.41, 5.74) is 3.15.